The number of hydrogen-bond donors (Lipinski definition) is 3. The van der Waals surface area contributed by atoms with Crippen LogP contribution in [0.2, 0.25) is 0 Å². The van der Waals surface area contributed by atoms with Gasteiger partial charge in [-0.2, -0.15) is 0 Å². The smallest absolute Gasteiger partial charge is 0.330 e. The number of aromatic nitrogens is 2. The predicted molar refractivity (Wildman–Crippen MR) is 76.3 cm³/mol. The summed E-state index contributed by atoms with van der Waals surface area (Å²) in [6.45, 7) is 1.58. The van der Waals surface area contributed by atoms with Crippen molar-refractivity contribution in [1.82, 2.24) is 9.55 Å². The number of aryl methyl sites for hydroxylation is 1. The van der Waals surface area contributed by atoms with E-state index in [9.17, 15) is 9.59 Å². The molecule has 0 radical (unpaired) electrons. The number of hydrogen-bond acceptors (Lipinski definition) is 6. The summed E-state index contributed by atoms with van der Waals surface area (Å²) >= 11 is 0. The second kappa shape index (κ2) is 7.88. The maximum absolute atomic E-state index is 11.6. The van der Waals surface area contributed by atoms with Gasteiger partial charge in [-0.15, -0.1) is 12.8 Å². The topological polar surface area (TPSA) is 114 Å². The lowest BCUT2D eigenvalue weighted by Crippen LogP contribution is -2.33. The maximum atomic E-state index is 11.6. The summed E-state index contributed by atoms with van der Waals surface area (Å²) in [5.74, 6) is 0. The van der Waals surface area contributed by atoms with E-state index in [1.54, 1.807) is 19.1 Å². The first-order chi connectivity index (χ1) is 9.97. The van der Waals surface area contributed by atoms with Crippen molar-refractivity contribution in [2.24, 2.45) is 0 Å². The molecule has 8 nitrogen and oxygen atoms in total. The van der Waals surface area contributed by atoms with Gasteiger partial charge in [0.15, 0.2) is 20.9 Å². The molecule has 0 amide bonds. The number of nitrogens with zero attached hydrogens (tertiary/aromatic N) is 1. The van der Waals surface area contributed by atoms with Crippen LogP contribution in [0.5, 0.6) is 0 Å². The van der Waals surface area contributed by atoms with E-state index < -0.39 is 32.1 Å². The van der Waals surface area contributed by atoms with E-state index in [2.05, 4.69) is 17.8 Å². The van der Waals surface area contributed by atoms with Gasteiger partial charge in [-0.3, -0.25) is 14.3 Å². The summed E-state index contributed by atoms with van der Waals surface area (Å²) in [5, 5.41) is 0. The molecule has 1 aliphatic rings. The third-order valence-electron chi connectivity index (χ3n) is 2.48. The number of ether oxygens (including phenoxy) is 2. The van der Waals surface area contributed by atoms with Crippen molar-refractivity contribution in [1.29, 1.82) is 0 Å². The van der Waals surface area contributed by atoms with Gasteiger partial charge in [0, 0.05) is 11.8 Å². The Hall–Kier alpha value is -1.75. The van der Waals surface area contributed by atoms with E-state index in [0.29, 0.717) is 5.56 Å². The zero-order chi connectivity index (χ0) is 16.0. The average Bonchev–Trinajstić information content (AvgIpc) is 2.91. The second-order valence-corrected chi connectivity index (χ2v) is 4.93. The van der Waals surface area contributed by atoms with Crippen LogP contribution in [-0.4, -0.2) is 32.0 Å². The van der Waals surface area contributed by atoms with Gasteiger partial charge in [0.25, 0.3) is 5.56 Å². The van der Waals surface area contributed by atoms with Crippen molar-refractivity contribution in [3.05, 3.63) is 44.8 Å². The normalized spacial score (nSPS) is 20.3. The van der Waals surface area contributed by atoms with Crippen molar-refractivity contribution >= 4 is 8.38 Å². The van der Waals surface area contributed by atoms with Gasteiger partial charge in [-0.25, -0.2) is 4.79 Å². The molecule has 0 fully saturated rings. The highest BCUT2D eigenvalue weighted by atomic mass is 31.2. The van der Waals surface area contributed by atoms with Crippen molar-refractivity contribution < 1.29 is 19.3 Å². The fraction of sp³-hybridized carbons (Fsp3) is 0.333. The van der Waals surface area contributed by atoms with E-state index in [0.717, 1.165) is 0 Å². The Labute approximate surface area is 121 Å². The van der Waals surface area contributed by atoms with Gasteiger partial charge in [0.2, 0.25) is 0 Å². The van der Waals surface area contributed by atoms with Gasteiger partial charge >= 0.3 is 5.69 Å². The number of rotatable bonds is 4. The molecule has 0 aliphatic carbocycles. The summed E-state index contributed by atoms with van der Waals surface area (Å²) in [6, 6.07) is 0. The Morgan fingerprint density at radius 2 is 2.10 bits per heavy atom. The molecule has 0 spiro atoms. The highest BCUT2D eigenvalue weighted by Gasteiger charge is 2.23. The monoisotopic (exact) mass is 314 g/mol. The highest BCUT2D eigenvalue weighted by molar-refractivity contribution is 7.44. The van der Waals surface area contributed by atoms with Gasteiger partial charge in [-0.05, 0) is 19.1 Å². The van der Waals surface area contributed by atoms with Crippen LogP contribution in [-0.2, 0) is 9.47 Å². The van der Waals surface area contributed by atoms with Gasteiger partial charge in [-0.1, -0.05) is 0 Å². The SMILES string of the molecule is C#C.Cc1cn(C2C=CC(OCP(O)O)O2)c(=O)[nH]c1=O. The molecule has 1 aliphatic heterocycles. The Morgan fingerprint density at radius 1 is 1.43 bits per heavy atom. The van der Waals surface area contributed by atoms with Crippen molar-refractivity contribution in [2.75, 3.05) is 6.35 Å². The van der Waals surface area contributed by atoms with Crippen LogP contribution in [0, 0.1) is 19.8 Å². The lowest BCUT2D eigenvalue weighted by atomic mass is 10.4. The standard InChI is InChI=1S/C10H13N2O6P.C2H2/c1-6-4-12(10(14)11-9(6)13)7-2-3-8(18-7)17-5-19(15)16;1-2/h2-4,7-8,15-16H,5H2,1H3,(H,11,13,14);1-2H. The predicted octanol–water partition coefficient (Wildman–Crippen LogP) is -0.224. The molecular weight excluding hydrogens is 299 g/mol. The first-order valence-corrected chi connectivity index (χ1v) is 7.16. The molecule has 0 saturated heterocycles. The molecule has 114 valence electrons. The minimum atomic E-state index is -2.15. The summed E-state index contributed by atoms with van der Waals surface area (Å²) < 4.78 is 11.6. The molecule has 2 rings (SSSR count). The van der Waals surface area contributed by atoms with E-state index in [1.165, 1.54) is 10.8 Å². The Morgan fingerprint density at radius 3 is 2.71 bits per heavy atom. The lowest BCUT2D eigenvalue weighted by molar-refractivity contribution is -0.126. The molecule has 2 heterocycles. The molecule has 2 atom stereocenters. The summed E-state index contributed by atoms with van der Waals surface area (Å²) in [4.78, 5) is 42.5. The van der Waals surface area contributed by atoms with Crippen LogP contribution >= 0.6 is 8.38 Å². The van der Waals surface area contributed by atoms with Crippen LogP contribution in [0.3, 0.4) is 0 Å². The third kappa shape index (κ3) is 4.63. The number of nitrogens with one attached hydrogen (secondary N) is 1. The lowest BCUT2D eigenvalue weighted by Gasteiger charge is -2.16. The fourth-order valence-electron chi connectivity index (χ4n) is 1.58. The molecule has 0 aromatic carbocycles. The zero-order valence-electron chi connectivity index (χ0n) is 11.2. The van der Waals surface area contributed by atoms with E-state index >= 15 is 0 Å². The molecule has 21 heavy (non-hydrogen) atoms. The minimum absolute atomic E-state index is 0.239. The molecule has 9 heteroatoms. The van der Waals surface area contributed by atoms with Crippen molar-refractivity contribution in [3.8, 4) is 12.8 Å². The number of aromatic amines is 1. The summed E-state index contributed by atoms with van der Waals surface area (Å²) in [7, 11) is -2.15. The largest absolute Gasteiger partial charge is 0.348 e. The molecule has 3 N–H and O–H groups in total. The van der Waals surface area contributed by atoms with Crippen LogP contribution in [0.4, 0.5) is 0 Å². The maximum Gasteiger partial charge on any atom is 0.330 e. The van der Waals surface area contributed by atoms with Gasteiger partial charge < -0.3 is 19.3 Å². The first-order valence-electron chi connectivity index (χ1n) is 5.73. The van der Waals surface area contributed by atoms with Crippen LogP contribution in [0.25, 0.3) is 0 Å². The summed E-state index contributed by atoms with van der Waals surface area (Å²) in [5.41, 5.74) is -0.644. The molecule has 0 saturated carbocycles. The first kappa shape index (κ1) is 17.3. The van der Waals surface area contributed by atoms with E-state index in [-0.39, 0.29) is 6.35 Å². The van der Waals surface area contributed by atoms with Gasteiger partial charge in [0.05, 0.1) is 0 Å². The third-order valence-corrected chi connectivity index (χ3v) is 2.86. The van der Waals surface area contributed by atoms with Crippen LogP contribution in [0.15, 0.2) is 27.9 Å². The molecule has 1 aromatic heterocycles. The Kier molecular flexibility index (Phi) is 6.49. The van der Waals surface area contributed by atoms with E-state index in [1.807, 2.05) is 0 Å². The van der Waals surface area contributed by atoms with Crippen LogP contribution in [0.1, 0.15) is 11.8 Å². The zero-order valence-corrected chi connectivity index (χ0v) is 12.1. The van der Waals surface area contributed by atoms with Gasteiger partial charge in [0.1, 0.15) is 6.35 Å². The fourth-order valence-corrected chi connectivity index (χ4v) is 1.86. The summed E-state index contributed by atoms with van der Waals surface area (Å²) in [6.07, 6.45) is 10.8. The van der Waals surface area contributed by atoms with Crippen LogP contribution < -0.4 is 11.2 Å². The van der Waals surface area contributed by atoms with Crippen molar-refractivity contribution in [3.63, 3.8) is 0 Å². The molecule has 1 aromatic rings. The minimum Gasteiger partial charge on any atom is -0.348 e. The van der Waals surface area contributed by atoms with E-state index in [4.69, 9.17) is 19.3 Å². The Balaban J connectivity index is 0.00000106. The quantitative estimate of drug-likeness (QED) is 0.402. The molecular formula is C12H15N2O6P. The molecule has 2 unspecified atom stereocenters. The van der Waals surface area contributed by atoms with Crippen molar-refractivity contribution in [2.45, 2.75) is 19.4 Å². The number of terminal acetylenes is 1. The average molecular weight is 314 g/mol. The molecule has 0 bridgehead atoms. The number of H-pyrrole nitrogens is 1. The highest BCUT2D eigenvalue weighted by Crippen LogP contribution is 2.26. The second-order valence-electron chi connectivity index (χ2n) is 3.93. The Bertz CT molecular complexity index is 633.